The second-order valence-electron chi connectivity index (χ2n) is 4.15. The predicted octanol–water partition coefficient (Wildman–Crippen LogP) is 3.01. The van der Waals surface area contributed by atoms with Crippen LogP contribution in [0, 0.1) is 5.82 Å². The van der Waals surface area contributed by atoms with Crippen LogP contribution in [0.4, 0.5) is 15.8 Å². The van der Waals surface area contributed by atoms with Gasteiger partial charge in [-0.15, -0.1) is 0 Å². The molecule has 1 amide bonds. The minimum absolute atomic E-state index is 0.00339. The van der Waals surface area contributed by atoms with Crippen LogP contribution < -0.4 is 11.1 Å². The number of carbonyl (C=O) groups excluding carboxylic acids is 1. The van der Waals surface area contributed by atoms with Gasteiger partial charge in [-0.3, -0.25) is 4.79 Å². The highest BCUT2D eigenvalue weighted by molar-refractivity contribution is 6.31. The molecule has 0 saturated heterocycles. The van der Waals surface area contributed by atoms with Crippen molar-refractivity contribution in [2.75, 3.05) is 11.1 Å². The van der Waals surface area contributed by atoms with Gasteiger partial charge in [-0.25, -0.2) is 9.18 Å². The first kappa shape index (κ1) is 14.8. The van der Waals surface area contributed by atoms with Crippen molar-refractivity contribution in [3.05, 3.63) is 58.4 Å². The molecule has 0 aromatic heterocycles. The number of halogens is 2. The normalized spacial score (nSPS) is 10.2. The van der Waals surface area contributed by atoms with Crippen LogP contribution in [0.1, 0.15) is 20.7 Å². The molecule has 2 rings (SSSR count). The van der Waals surface area contributed by atoms with E-state index < -0.39 is 17.7 Å². The lowest BCUT2D eigenvalue weighted by Gasteiger charge is -2.10. The van der Waals surface area contributed by atoms with Gasteiger partial charge in [0.1, 0.15) is 5.82 Å². The fourth-order valence-corrected chi connectivity index (χ4v) is 1.90. The Labute approximate surface area is 124 Å². The average Bonchev–Trinajstić information content (AvgIpc) is 2.41. The van der Waals surface area contributed by atoms with Gasteiger partial charge in [0.2, 0.25) is 0 Å². The largest absolute Gasteiger partial charge is 0.478 e. The van der Waals surface area contributed by atoms with E-state index >= 15 is 0 Å². The molecule has 0 heterocycles. The van der Waals surface area contributed by atoms with Crippen molar-refractivity contribution in [3.63, 3.8) is 0 Å². The molecule has 5 nitrogen and oxygen atoms in total. The van der Waals surface area contributed by atoms with Gasteiger partial charge in [0.15, 0.2) is 0 Å². The second kappa shape index (κ2) is 5.80. The van der Waals surface area contributed by atoms with Crippen LogP contribution in [0.5, 0.6) is 0 Å². The van der Waals surface area contributed by atoms with Crippen molar-refractivity contribution in [1.82, 2.24) is 0 Å². The summed E-state index contributed by atoms with van der Waals surface area (Å²) in [6.07, 6.45) is 0. The Balaban J connectivity index is 2.38. The summed E-state index contributed by atoms with van der Waals surface area (Å²) in [6.45, 7) is 0. The number of nitrogens with one attached hydrogen (secondary N) is 1. The molecule has 0 aliphatic carbocycles. The van der Waals surface area contributed by atoms with Gasteiger partial charge < -0.3 is 16.2 Å². The predicted molar refractivity (Wildman–Crippen MR) is 77.2 cm³/mol. The van der Waals surface area contributed by atoms with E-state index in [0.717, 1.165) is 6.07 Å². The van der Waals surface area contributed by atoms with Crippen molar-refractivity contribution in [3.8, 4) is 0 Å². The number of nitrogen functional groups attached to an aromatic ring is 1. The number of para-hydroxylation sites is 1. The molecule has 4 N–H and O–H groups in total. The Morgan fingerprint density at radius 1 is 1.19 bits per heavy atom. The van der Waals surface area contributed by atoms with Crippen LogP contribution >= 0.6 is 11.6 Å². The van der Waals surface area contributed by atoms with Crippen molar-refractivity contribution < 1.29 is 19.1 Å². The molecule has 0 fully saturated rings. The molecule has 0 unspecified atom stereocenters. The lowest BCUT2D eigenvalue weighted by atomic mass is 10.1. The van der Waals surface area contributed by atoms with Crippen LogP contribution in [-0.2, 0) is 0 Å². The third kappa shape index (κ3) is 3.11. The highest BCUT2D eigenvalue weighted by Crippen LogP contribution is 2.23. The van der Waals surface area contributed by atoms with Crippen LogP contribution in [0.15, 0.2) is 36.4 Å². The van der Waals surface area contributed by atoms with Crippen molar-refractivity contribution >= 4 is 34.9 Å². The summed E-state index contributed by atoms with van der Waals surface area (Å²) in [5.41, 5.74) is 4.95. The molecule has 7 heteroatoms. The Hall–Kier alpha value is -2.60. The maximum absolute atomic E-state index is 13.3. The topological polar surface area (TPSA) is 92.4 Å². The van der Waals surface area contributed by atoms with Crippen LogP contribution in [-0.4, -0.2) is 17.0 Å². The number of carbonyl (C=O) groups is 2. The van der Waals surface area contributed by atoms with E-state index in [1.54, 1.807) is 0 Å². The monoisotopic (exact) mass is 308 g/mol. The lowest BCUT2D eigenvalue weighted by Crippen LogP contribution is -2.17. The SMILES string of the molecule is Nc1c(F)cccc1C(=O)Nc1cc(Cl)ccc1C(=O)O. The minimum atomic E-state index is -1.23. The summed E-state index contributed by atoms with van der Waals surface area (Å²) in [6, 6.07) is 7.72. The zero-order valence-electron chi connectivity index (χ0n) is 10.6. The average molecular weight is 309 g/mol. The van der Waals surface area contributed by atoms with Gasteiger partial charge in [-0.05, 0) is 30.3 Å². The number of benzene rings is 2. The number of anilines is 2. The van der Waals surface area contributed by atoms with Crippen LogP contribution in [0.25, 0.3) is 0 Å². The van der Waals surface area contributed by atoms with E-state index in [1.165, 1.54) is 30.3 Å². The fraction of sp³-hybridized carbons (Fsp3) is 0. The Morgan fingerprint density at radius 3 is 2.57 bits per heavy atom. The molecular weight excluding hydrogens is 299 g/mol. The molecule has 0 aliphatic rings. The third-order valence-electron chi connectivity index (χ3n) is 2.76. The summed E-state index contributed by atoms with van der Waals surface area (Å²) in [4.78, 5) is 23.2. The molecular formula is C14H10ClFN2O3. The van der Waals surface area contributed by atoms with E-state index in [1.807, 2.05) is 0 Å². The molecule has 0 bridgehead atoms. The maximum atomic E-state index is 13.3. The summed E-state index contributed by atoms with van der Waals surface area (Å²) in [5.74, 6) is -2.68. The van der Waals surface area contributed by atoms with Crippen molar-refractivity contribution in [2.24, 2.45) is 0 Å². The van der Waals surface area contributed by atoms with Gasteiger partial charge in [-0.1, -0.05) is 17.7 Å². The van der Waals surface area contributed by atoms with Crippen LogP contribution in [0.2, 0.25) is 5.02 Å². The smallest absolute Gasteiger partial charge is 0.337 e. The molecule has 0 radical (unpaired) electrons. The number of aromatic carboxylic acids is 1. The second-order valence-corrected chi connectivity index (χ2v) is 4.59. The number of carboxylic acids is 1. The standard InChI is InChI=1S/C14H10ClFN2O3/c15-7-4-5-8(14(20)21)11(6-7)18-13(19)9-2-1-3-10(16)12(9)17/h1-6H,17H2,(H,18,19)(H,20,21). The number of carboxylic acid groups (broad SMARTS) is 1. The number of hydrogen-bond acceptors (Lipinski definition) is 3. The van der Waals surface area contributed by atoms with Gasteiger partial charge in [0, 0.05) is 5.02 Å². The first-order chi connectivity index (χ1) is 9.90. The summed E-state index contributed by atoms with van der Waals surface area (Å²) in [5, 5.41) is 11.7. The molecule has 0 atom stereocenters. The van der Waals surface area contributed by atoms with E-state index in [9.17, 15) is 14.0 Å². The summed E-state index contributed by atoms with van der Waals surface area (Å²) in [7, 11) is 0. The van der Waals surface area contributed by atoms with E-state index in [0.29, 0.717) is 0 Å². The van der Waals surface area contributed by atoms with E-state index in [-0.39, 0.29) is 27.5 Å². The van der Waals surface area contributed by atoms with E-state index in [2.05, 4.69) is 5.32 Å². The number of amides is 1. The zero-order valence-corrected chi connectivity index (χ0v) is 11.3. The fourth-order valence-electron chi connectivity index (χ4n) is 1.73. The van der Waals surface area contributed by atoms with Gasteiger partial charge in [0.05, 0.1) is 22.5 Å². The Kier molecular flexibility index (Phi) is 4.09. The number of nitrogens with two attached hydrogens (primary N) is 1. The van der Waals surface area contributed by atoms with Gasteiger partial charge in [0.25, 0.3) is 5.91 Å². The summed E-state index contributed by atoms with van der Waals surface area (Å²) >= 11 is 5.78. The van der Waals surface area contributed by atoms with Crippen molar-refractivity contribution in [1.29, 1.82) is 0 Å². The highest BCUT2D eigenvalue weighted by atomic mass is 35.5. The molecule has 0 spiro atoms. The Morgan fingerprint density at radius 2 is 1.90 bits per heavy atom. The Bertz CT molecular complexity index is 734. The van der Waals surface area contributed by atoms with Crippen molar-refractivity contribution in [2.45, 2.75) is 0 Å². The highest BCUT2D eigenvalue weighted by Gasteiger charge is 2.17. The van der Waals surface area contributed by atoms with Crippen LogP contribution in [0.3, 0.4) is 0 Å². The van der Waals surface area contributed by atoms with E-state index in [4.69, 9.17) is 22.4 Å². The molecule has 0 aliphatic heterocycles. The molecule has 2 aromatic rings. The maximum Gasteiger partial charge on any atom is 0.337 e. The molecule has 21 heavy (non-hydrogen) atoms. The minimum Gasteiger partial charge on any atom is -0.478 e. The van der Waals surface area contributed by atoms with Gasteiger partial charge >= 0.3 is 5.97 Å². The first-order valence-electron chi connectivity index (χ1n) is 5.78. The first-order valence-corrected chi connectivity index (χ1v) is 6.16. The quantitative estimate of drug-likeness (QED) is 0.760. The molecule has 108 valence electrons. The molecule has 2 aromatic carbocycles. The van der Waals surface area contributed by atoms with Gasteiger partial charge in [-0.2, -0.15) is 0 Å². The third-order valence-corrected chi connectivity index (χ3v) is 2.99. The number of hydrogen-bond donors (Lipinski definition) is 3. The molecule has 0 saturated carbocycles. The zero-order chi connectivity index (χ0) is 15.6. The number of rotatable bonds is 3. The lowest BCUT2D eigenvalue weighted by molar-refractivity contribution is 0.0698. The summed E-state index contributed by atoms with van der Waals surface area (Å²) < 4.78 is 13.3.